The van der Waals surface area contributed by atoms with Crippen molar-refractivity contribution in [2.24, 2.45) is 0 Å². The van der Waals surface area contributed by atoms with Gasteiger partial charge in [0.1, 0.15) is 0 Å². The number of nitrogens with one attached hydrogen (secondary N) is 1. The summed E-state index contributed by atoms with van der Waals surface area (Å²) in [6.07, 6.45) is 0.677. The molecule has 1 fully saturated rings. The fraction of sp³-hybridized carbons (Fsp3) is 0.429. The molecule has 0 saturated carbocycles. The van der Waals surface area contributed by atoms with Crippen LogP contribution in [-0.4, -0.2) is 54.9 Å². The molecule has 2 N–H and O–H groups in total. The van der Waals surface area contributed by atoms with Gasteiger partial charge in [0.15, 0.2) is 0 Å². The summed E-state index contributed by atoms with van der Waals surface area (Å²) < 4.78 is 5.18. The second-order valence-electron chi connectivity index (χ2n) is 4.58. The van der Waals surface area contributed by atoms with Gasteiger partial charge in [0.05, 0.1) is 18.8 Å². The number of benzene rings is 1. The number of hydrogen-bond acceptors (Lipinski definition) is 3. The van der Waals surface area contributed by atoms with Crippen LogP contribution in [0.3, 0.4) is 0 Å². The molecule has 6 heteroatoms. The molecular formula is C14H18N2O4. The molecule has 0 spiro atoms. The number of carboxylic acids is 1. The molecule has 6 nitrogen and oxygen atoms in total. The van der Waals surface area contributed by atoms with Crippen molar-refractivity contribution in [3.8, 4) is 0 Å². The van der Waals surface area contributed by atoms with E-state index in [0.717, 1.165) is 5.56 Å². The fourth-order valence-electron chi connectivity index (χ4n) is 2.01. The minimum Gasteiger partial charge on any atom is -0.478 e. The molecule has 2 amide bonds. The van der Waals surface area contributed by atoms with E-state index in [1.807, 2.05) is 0 Å². The smallest absolute Gasteiger partial charge is 0.335 e. The number of urea groups is 1. The monoisotopic (exact) mass is 278 g/mol. The molecule has 1 aromatic carbocycles. The maximum atomic E-state index is 11.8. The number of aromatic carboxylic acids is 1. The van der Waals surface area contributed by atoms with Gasteiger partial charge in [0.25, 0.3) is 0 Å². The third-order valence-electron chi connectivity index (χ3n) is 3.19. The Balaban J connectivity index is 1.74. The first-order chi connectivity index (χ1) is 9.66. The van der Waals surface area contributed by atoms with E-state index in [1.54, 1.807) is 29.2 Å². The number of carbonyl (C=O) groups excluding carboxylic acids is 1. The minimum absolute atomic E-state index is 0.0737. The third kappa shape index (κ3) is 3.96. The lowest BCUT2D eigenvalue weighted by Crippen LogP contribution is -2.46. The van der Waals surface area contributed by atoms with Crippen molar-refractivity contribution in [1.29, 1.82) is 0 Å². The van der Waals surface area contributed by atoms with E-state index < -0.39 is 5.97 Å². The summed E-state index contributed by atoms with van der Waals surface area (Å²) in [7, 11) is 0. The van der Waals surface area contributed by atoms with Crippen LogP contribution in [0.5, 0.6) is 0 Å². The largest absolute Gasteiger partial charge is 0.478 e. The van der Waals surface area contributed by atoms with E-state index in [9.17, 15) is 9.59 Å². The Hall–Kier alpha value is -2.08. The average molecular weight is 278 g/mol. The first-order valence-electron chi connectivity index (χ1n) is 6.59. The zero-order chi connectivity index (χ0) is 14.4. The minimum atomic E-state index is -0.933. The van der Waals surface area contributed by atoms with Crippen molar-refractivity contribution >= 4 is 12.0 Å². The summed E-state index contributed by atoms with van der Waals surface area (Å²) in [6.45, 7) is 2.95. The Morgan fingerprint density at radius 1 is 1.20 bits per heavy atom. The first-order valence-corrected chi connectivity index (χ1v) is 6.59. The lowest BCUT2D eigenvalue weighted by Gasteiger charge is -2.26. The molecule has 0 aromatic heterocycles. The van der Waals surface area contributed by atoms with Gasteiger partial charge in [-0.25, -0.2) is 9.59 Å². The van der Waals surface area contributed by atoms with Crippen LogP contribution in [-0.2, 0) is 11.2 Å². The Labute approximate surface area is 117 Å². The molecule has 20 heavy (non-hydrogen) atoms. The van der Waals surface area contributed by atoms with Crippen molar-refractivity contribution < 1.29 is 19.4 Å². The molecule has 2 rings (SSSR count). The van der Waals surface area contributed by atoms with E-state index >= 15 is 0 Å². The van der Waals surface area contributed by atoms with Crippen LogP contribution in [0, 0.1) is 0 Å². The normalized spacial score (nSPS) is 14.9. The van der Waals surface area contributed by atoms with Gasteiger partial charge in [-0.1, -0.05) is 12.1 Å². The number of morpholine rings is 1. The van der Waals surface area contributed by atoms with Gasteiger partial charge in [-0.05, 0) is 24.1 Å². The average Bonchev–Trinajstić information content (AvgIpc) is 2.48. The van der Waals surface area contributed by atoms with Crippen LogP contribution in [0.15, 0.2) is 24.3 Å². The Bertz CT molecular complexity index is 467. The standard InChI is InChI=1S/C14H18N2O4/c17-13(18)12-3-1-11(2-4-12)5-6-15-14(19)16-7-9-20-10-8-16/h1-4H,5-10H2,(H,15,19)(H,17,18). The van der Waals surface area contributed by atoms with Gasteiger partial charge in [-0.3, -0.25) is 0 Å². The van der Waals surface area contributed by atoms with Crippen molar-refractivity contribution in [2.45, 2.75) is 6.42 Å². The van der Waals surface area contributed by atoms with Gasteiger partial charge < -0.3 is 20.1 Å². The van der Waals surface area contributed by atoms with Crippen LogP contribution in [0.25, 0.3) is 0 Å². The Morgan fingerprint density at radius 3 is 2.45 bits per heavy atom. The van der Waals surface area contributed by atoms with Crippen molar-refractivity contribution in [3.05, 3.63) is 35.4 Å². The maximum Gasteiger partial charge on any atom is 0.335 e. The van der Waals surface area contributed by atoms with Crippen molar-refractivity contribution in [2.75, 3.05) is 32.8 Å². The molecule has 0 bridgehead atoms. The molecule has 1 aliphatic heterocycles. The quantitative estimate of drug-likeness (QED) is 0.860. The van der Waals surface area contributed by atoms with Gasteiger partial charge >= 0.3 is 12.0 Å². The molecule has 108 valence electrons. The van der Waals surface area contributed by atoms with Gasteiger partial charge in [0.2, 0.25) is 0 Å². The van der Waals surface area contributed by atoms with E-state index in [0.29, 0.717) is 39.3 Å². The summed E-state index contributed by atoms with van der Waals surface area (Å²) in [4.78, 5) is 24.3. The fourth-order valence-corrected chi connectivity index (χ4v) is 2.01. The van der Waals surface area contributed by atoms with E-state index in [2.05, 4.69) is 5.32 Å². The SMILES string of the molecule is O=C(O)c1ccc(CCNC(=O)N2CCOCC2)cc1. The highest BCUT2D eigenvalue weighted by Gasteiger charge is 2.15. The molecule has 0 aliphatic carbocycles. The molecular weight excluding hydrogens is 260 g/mol. The van der Waals surface area contributed by atoms with Crippen LogP contribution in [0.4, 0.5) is 4.79 Å². The number of carbonyl (C=O) groups is 2. The number of carboxylic acid groups (broad SMARTS) is 1. The third-order valence-corrected chi connectivity index (χ3v) is 3.19. The molecule has 1 aromatic rings. The molecule has 0 radical (unpaired) electrons. The predicted molar refractivity (Wildman–Crippen MR) is 72.9 cm³/mol. The lowest BCUT2D eigenvalue weighted by molar-refractivity contribution is 0.0533. The van der Waals surface area contributed by atoms with Crippen LogP contribution >= 0.6 is 0 Å². The number of amides is 2. The summed E-state index contributed by atoms with van der Waals surface area (Å²) in [5.41, 5.74) is 1.27. The second kappa shape index (κ2) is 6.91. The summed E-state index contributed by atoms with van der Waals surface area (Å²) in [5, 5.41) is 11.6. The van der Waals surface area contributed by atoms with Crippen LogP contribution < -0.4 is 5.32 Å². The number of rotatable bonds is 4. The van der Waals surface area contributed by atoms with Crippen LogP contribution in [0.2, 0.25) is 0 Å². The molecule has 0 atom stereocenters. The highest BCUT2D eigenvalue weighted by atomic mass is 16.5. The van der Waals surface area contributed by atoms with E-state index in [-0.39, 0.29) is 11.6 Å². The Kier molecular flexibility index (Phi) is 4.95. The molecule has 1 heterocycles. The lowest BCUT2D eigenvalue weighted by atomic mass is 10.1. The topological polar surface area (TPSA) is 78.9 Å². The Morgan fingerprint density at radius 2 is 1.85 bits per heavy atom. The number of nitrogens with zero attached hydrogens (tertiary/aromatic N) is 1. The number of hydrogen-bond donors (Lipinski definition) is 2. The van der Waals surface area contributed by atoms with Gasteiger partial charge in [-0.15, -0.1) is 0 Å². The second-order valence-corrected chi connectivity index (χ2v) is 4.58. The van der Waals surface area contributed by atoms with Crippen molar-refractivity contribution in [1.82, 2.24) is 10.2 Å². The highest BCUT2D eigenvalue weighted by Crippen LogP contribution is 2.05. The van der Waals surface area contributed by atoms with Gasteiger partial charge in [0, 0.05) is 19.6 Å². The zero-order valence-corrected chi connectivity index (χ0v) is 11.2. The molecule has 0 unspecified atom stereocenters. The summed E-state index contributed by atoms with van der Waals surface area (Å²) >= 11 is 0. The van der Waals surface area contributed by atoms with E-state index in [4.69, 9.17) is 9.84 Å². The molecule has 1 aliphatic rings. The van der Waals surface area contributed by atoms with Crippen molar-refractivity contribution in [3.63, 3.8) is 0 Å². The first kappa shape index (κ1) is 14.3. The highest BCUT2D eigenvalue weighted by molar-refractivity contribution is 5.87. The maximum absolute atomic E-state index is 11.8. The van der Waals surface area contributed by atoms with E-state index in [1.165, 1.54) is 0 Å². The van der Waals surface area contributed by atoms with Crippen LogP contribution in [0.1, 0.15) is 15.9 Å². The summed E-state index contributed by atoms with van der Waals surface area (Å²) in [6, 6.07) is 6.60. The molecule has 1 saturated heterocycles. The predicted octanol–water partition coefficient (Wildman–Crippen LogP) is 0.969. The zero-order valence-electron chi connectivity index (χ0n) is 11.2. The summed E-state index contributed by atoms with van der Waals surface area (Å²) in [5.74, 6) is -0.933. The van der Waals surface area contributed by atoms with Gasteiger partial charge in [-0.2, -0.15) is 0 Å². The number of ether oxygens (including phenoxy) is 1.